The molecule has 2 rings (SSSR count). The van der Waals surface area contributed by atoms with Gasteiger partial charge in [0.1, 0.15) is 5.78 Å². The third kappa shape index (κ3) is 2.45. The fourth-order valence-corrected chi connectivity index (χ4v) is 2.12. The van der Waals surface area contributed by atoms with E-state index in [9.17, 15) is 4.79 Å². The molecule has 1 atom stereocenters. The number of ketones is 1. The van der Waals surface area contributed by atoms with Crippen LogP contribution in [-0.2, 0) is 11.2 Å². The van der Waals surface area contributed by atoms with Gasteiger partial charge in [0.15, 0.2) is 0 Å². The van der Waals surface area contributed by atoms with Crippen molar-refractivity contribution in [3.8, 4) is 0 Å². The summed E-state index contributed by atoms with van der Waals surface area (Å²) in [5.41, 5.74) is 0.938. The molecule has 0 amide bonds. The average Bonchev–Trinajstić information content (AvgIpc) is 2.18. The number of benzene rings is 1. The summed E-state index contributed by atoms with van der Waals surface area (Å²) < 4.78 is 0. The average molecular weight is 238 g/mol. The zero-order valence-electron chi connectivity index (χ0n) is 9.37. The van der Waals surface area contributed by atoms with Gasteiger partial charge in [0.05, 0.1) is 0 Å². The standard InChI is InChI=1S/C13H16ClNO/c1-9(11-7-15-8-11)13(16)6-10-4-2-3-5-12(10)14/h2-5,9,11,15H,6-8H2,1H3. The largest absolute Gasteiger partial charge is 0.316 e. The zero-order valence-corrected chi connectivity index (χ0v) is 10.1. The van der Waals surface area contributed by atoms with Crippen LogP contribution in [0, 0.1) is 11.8 Å². The Balaban J connectivity index is 1.99. The highest BCUT2D eigenvalue weighted by Crippen LogP contribution is 2.21. The summed E-state index contributed by atoms with van der Waals surface area (Å²) in [6.45, 7) is 3.95. The minimum atomic E-state index is 0.137. The smallest absolute Gasteiger partial charge is 0.140 e. The lowest BCUT2D eigenvalue weighted by molar-refractivity contribution is -0.123. The van der Waals surface area contributed by atoms with Crippen LogP contribution >= 0.6 is 11.6 Å². The Bertz CT molecular complexity index is 387. The van der Waals surface area contributed by atoms with Gasteiger partial charge in [0, 0.05) is 17.4 Å². The van der Waals surface area contributed by atoms with E-state index in [0.717, 1.165) is 18.7 Å². The fraction of sp³-hybridized carbons (Fsp3) is 0.462. The molecule has 0 bridgehead atoms. The first kappa shape index (κ1) is 11.6. The monoisotopic (exact) mass is 237 g/mol. The van der Waals surface area contributed by atoms with Crippen molar-refractivity contribution in [2.45, 2.75) is 13.3 Å². The molecule has 0 saturated carbocycles. The maximum Gasteiger partial charge on any atom is 0.140 e. The van der Waals surface area contributed by atoms with Gasteiger partial charge in [0.25, 0.3) is 0 Å². The lowest BCUT2D eigenvalue weighted by Crippen LogP contribution is -2.47. The summed E-state index contributed by atoms with van der Waals surface area (Å²) in [5.74, 6) is 0.937. The molecule has 0 radical (unpaired) electrons. The first-order valence-electron chi connectivity index (χ1n) is 5.65. The van der Waals surface area contributed by atoms with Crippen LogP contribution in [0.2, 0.25) is 5.02 Å². The summed E-state index contributed by atoms with van der Waals surface area (Å²) in [4.78, 5) is 12.0. The van der Waals surface area contributed by atoms with Crippen molar-refractivity contribution in [2.75, 3.05) is 13.1 Å². The van der Waals surface area contributed by atoms with Crippen molar-refractivity contribution in [1.82, 2.24) is 5.32 Å². The minimum Gasteiger partial charge on any atom is -0.316 e. The van der Waals surface area contributed by atoms with Crippen LogP contribution in [0.3, 0.4) is 0 Å². The highest BCUT2D eigenvalue weighted by molar-refractivity contribution is 6.31. The Kier molecular flexibility index (Phi) is 3.62. The number of Topliss-reactive ketones (excluding diaryl/α,β-unsaturated/α-hetero) is 1. The SMILES string of the molecule is CC(C(=O)Cc1ccccc1Cl)C1CNC1. The molecule has 16 heavy (non-hydrogen) atoms. The van der Waals surface area contributed by atoms with E-state index in [4.69, 9.17) is 11.6 Å². The van der Waals surface area contributed by atoms with Crippen LogP contribution in [0.1, 0.15) is 12.5 Å². The van der Waals surface area contributed by atoms with E-state index in [-0.39, 0.29) is 5.92 Å². The van der Waals surface area contributed by atoms with E-state index in [0.29, 0.717) is 23.1 Å². The Hall–Kier alpha value is -0.860. The van der Waals surface area contributed by atoms with Crippen LogP contribution in [0.15, 0.2) is 24.3 Å². The van der Waals surface area contributed by atoms with Gasteiger partial charge in [-0.25, -0.2) is 0 Å². The zero-order chi connectivity index (χ0) is 11.5. The van der Waals surface area contributed by atoms with Crippen LogP contribution in [0.5, 0.6) is 0 Å². The van der Waals surface area contributed by atoms with Crippen LogP contribution in [-0.4, -0.2) is 18.9 Å². The molecule has 1 unspecified atom stereocenters. The molecular formula is C13H16ClNO. The molecule has 3 heteroatoms. The predicted octanol–water partition coefficient (Wildman–Crippen LogP) is 2.31. The second-order valence-corrected chi connectivity index (χ2v) is 4.85. The van der Waals surface area contributed by atoms with Crippen molar-refractivity contribution >= 4 is 17.4 Å². The normalized spacial score (nSPS) is 17.9. The summed E-state index contributed by atoms with van der Waals surface area (Å²) in [7, 11) is 0. The number of halogens is 1. The molecule has 0 aromatic heterocycles. The van der Waals surface area contributed by atoms with Crippen molar-refractivity contribution in [2.24, 2.45) is 11.8 Å². The van der Waals surface area contributed by atoms with Crippen LogP contribution in [0.4, 0.5) is 0 Å². The van der Waals surface area contributed by atoms with Gasteiger partial charge in [-0.3, -0.25) is 4.79 Å². The van der Waals surface area contributed by atoms with Crippen LogP contribution < -0.4 is 5.32 Å². The first-order chi connectivity index (χ1) is 7.68. The lowest BCUT2D eigenvalue weighted by atomic mass is 9.84. The Morgan fingerprint density at radius 2 is 2.19 bits per heavy atom. The van der Waals surface area contributed by atoms with E-state index in [1.54, 1.807) is 0 Å². The quantitative estimate of drug-likeness (QED) is 0.871. The summed E-state index contributed by atoms with van der Waals surface area (Å²) in [5, 5.41) is 3.88. The number of nitrogens with one attached hydrogen (secondary N) is 1. The summed E-state index contributed by atoms with van der Waals surface area (Å²) in [6, 6.07) is 7.56. The molecule has 1 aromatic carbocycles. The summed E-state index contributed by atoms with van der Waals surface area (Å²) >= 11 is 6.04. The van der Waals surface area contributed by atoms with Gasteiger partial charge in [-0.1, -0.05) is 36.7 Å². The van der Waals surface area contributed by atoms with Gasteiger partial charge >= 0.3 is 0 Å². The van der Waals surface area contributed by atoms with Gasteiger partial charge in [-0.05, 0) is 30.6 Å². The van der Waals surface area contributed by atoms with Crippen molar-refractivity contribution in [3.05, 3.63) is 34.9 Å². The predicted molar refractivity (Wildman–Crippen MR) is 65.7 cm³/mol. The molecule has 0 aliphatic carbocycles. The maximum absolute atomic E-state index is 12.0. The first-order valence-corrected chi connectivity index (χ1v) is 6.03. The molecule has 1 aliphatic rings. The van der Waals surface area contributed by atoms with E-state index < -0.39 is 0 Å². The molecular weight excluding hydrogens is 222 g/mol. The second kappa shape index (κ2) is 4.98. The van der Waals surface area contributed by atoms with Crippen LogP contribution in [0.25, 0.3) is 0 Å². The Labute approximate surface area is 101 Å². The second-order valence-electron chi connectivity index (χ2n) is 4.44. The minimum absolute atomic E-state index is 0.137. The Morgan fingerprint density at radius 3 is 2.75 bits per heavy atom. The number of carbonyl (C=O) groups excluding carboxylic acids is 1. The maximum atomic E-state index is 12.0. The number of carbonyl (C=O) groups is 1. The van der Waals surface area contributed by atoms with Crippen molar-refractivity contribution in [1.29, 1.82) is 0 Å². The highest BCUT2D eigenvalue weighted by atomic mass is 35.5. The molecule has 1 heterocycles. The summed E-state index contributed by atoms with van der Waals surface area (Å²) in [6.07, 6.45) is 0.456. The molecule has 1 aromatic rings. The lowest BCUT2D eigenvalue weighted by Gasteiger charge is -2.31. The third-order valence-corrected chi connectivity index (χ3v) is 3.72. The van der Waals surface area contributed by atoms with E-state index in [2.05, 4.69) is 5.32 Å². The molecule has 1 fully saturated rings. The molecule has 2 nitrogen and oxygen atoms in total. The number of hydrogen-bond acceptors (Lipinski definition) is 2. The fourth-order valence-electron chi connectivity index (χ4n) is 1.92. The van der Waals surface area contributed by atoms with E-state index >= 15 is 0 Å². The molecule has 86 valence electrons. The van der Waals surface area contributed by atoms with Gasteiger partial charge in [-0.15, -0.1) is 0 Å². The molecule has 1 saturated heterocycles. The topological polar surface area (TPSA) is 29.1 Å². The Morgan fingerprint density at radius 1 is 1.50 bits per heavy atom. The van der Waals surface area contributed by atoms with Crippen molar-refractivity contribution < 1.29 is 4.79 Å². The molecule has 1 aliphatic heterocycles. The van der Waals surface area contributed by atoms with Gasteiger partial charge in [-0.2, -0.15) is 0 Å². The highest BCUT2D eigenvalue weighted by Gasteiger charge is 2.28. The number of hydrogen-bond donors (Lipinski definition) is 1. The van der Waals surface area contributed by atoms with Gasteiger partial charge < -0.3 is 5.32 Å². The third-order valence-electron chi connectivity index (χ3n) is 3.35. The van der Waals surface area contributed by atoms with Crippen molar-refractivity contribution in [3.63, 3.8) is 0 Å². The van der Waals surface area contributed by atoms with E-state index in [1.807, 2.05) is 31.2 Å². The molecule has 0 spiro atoms. The van der Waals surface area contributed by atoms with Gasteiger partial charge in [0.2, 0.25) is 0 Å². The molecule has 1 N–H and O–H groups in total. The van der Waals surface area contributed by atoms with E-state index in [1.165, 1.54) is 0 Å². The number of rotatable bonds is 4.